The maximum atomic E-state index is 13.0. The van der Waals surface area contributed by atoms with E-state index in [2.05, 4.69) is 39.3 Å². The SMILES string of the molecule is C=C(C)CN=C(NCCc1ccc(F)cc1)NCCn1cnnc1CC.I. The Morgan fingerprint density at radius 2 is 1.93 bits per heavy atom. The molecule has 1 aromatic heterocycles. The van der Waals surface area contributed by atoms with Gasteiger partial charge in [-0.25, -0.2) is 9.38 Å². The van der Waals surface area contributed by atoms with Gasteiger partial charge in [-0.2, -0.15) is 0 Å². The van der Waals surface area contributed by atoms with Crippen molar-refractivity contribution in [2.45, 2.75) is 33.2 Å². The highest BCUT2D eigenvalue weighted by Crippen LogP contribution is 2.02. The van der Waals surface area contributed by atoms with Crippen molar-refractivity contribution in [1.29, 1.82) is 0 Å². The van der Waals surface area contributed by atoms with Gasteiger partial charge >= 0.3 is 0 Å². The first kappa shape index (κ1) is 23.1. The van der Waals surface area contributed by atoms with Gasteiger partial charge in [-0.05, 0) is 31.0 Å². The lowest BCUT2D eigenvalue weighted by molar-refractivity contribution is 0.626. The molecule has 2 N–H and O–H groups in total. The lowest BCUT2D eigenvalue weighted by Crippen LogP contribution is -2.40. The molecule has 2 rings (SSSR count). The van der Waals surface area contributed by atoms with Gasteiger partial charge in [0.1, 0.15) is 18.0 Å². The van der Waals surface area contributed by atoms with Crippen LogP contribution in [0.4, 0.5) is 4.39 Å². The van der Waals surface area contributed by atoms with Crippen LogP contribution in [0.15, 0.2) is 47.7 Å². The number of halogens is 2. The van der Waals surface area contributed by atoms with Crippen LogP contribution in [0.1, 0.15) is 25.2 Å². The second-order valence-electron chi connectivity index (χ2n) is 6.15. The molecular weight excluding hydrogens is 458 g/mol. The monoisotopic (exact) mass is 486 g/mol. The Morgan fingerprint density at radius 3 is 2.59 bits per heavy atom. The summed E-state index contributed by atoms with van der Waals surface area (Å²) in [7, 11) is 0. The maximum Gasteiger partial charge on any atom is 0.191 e. The van der Waals surface area contributed by atoms with Crippen LogP contribution in [0.2, 0.25) is 0 Å². The van der Waals surface area contributed by atoms with E-state index in [1.165, 1.54) is 12.1 Å². The minimum Gasteiger partial charge on any atom is -0.356 e. The normalized spacial score (nSPS) is 11.0. The molecule has 0 radical (unpaired) electrons. The summed E-state index contributed by atoms with van der Waals surface area (Å²) in [6.45, 7) is 10.7. The van der Waals surface area contributed by atoms with E-state index in [-0.39, 0.29) is 29.8 Å². The van der Waals surface area contributed by atoms with Crippen LogP contribution < -0.4 is 10.6 Å². The van der Waals surface area contributed by atoms with Gasteiger partial charge in [-0.15, -0.1) is 34.2 Å². The molecular formula is C19H28FIN6. The first-order chi connectivity index (χ1) is 12.6. The van der Waals surface area contributed by atoms with E-state index >= 15 is 0 Å². The minimum absolute atomic E-state index is 0. The second-order valence-corrected chi connectivity index (χ2v) is 6.15. The van der Waals surface area contributed by atoms with Crippen LogP contribution in [0.5, 0.6) is 0 Å². The fourth-order valence-corrected chi connectivity index (χ4v) is 2.40. The molecule has 0 saturated carbocycles. The molecule has 8 heteroatoms. The van der Waals surface area contributed by atoms with Gasteiger partial charge < -0.3 is 15.2 Å². The van der Waals surface area contributed by atoms with Gasteiger partial charge in [-0.3, -0.25) is 0 Å². The standard InChI is InChI=1S/C19H27FN6.HI/c1-4-18-25-24-14-26(18)12-11-22-19(23-13-15(2)3)21-10-9-16-5-7-17(20)8-6-16;/h5-8,14H,2,4,9-13H2,1,3H3,(H2,21,22,23);1H. The average Bonchev–Trinajstić information content (AvgIpc) is 3.08. The molecule has 0 saturated heterocycles. The second kappa shape index (κ2) is 12.4. The Morgan fingerprint density at radius 1 is 1.22 bits per heavy atom. The van der Waals surface area contributed by atoms with E-state index in [4.69, 9.17) is 0 Å². The molecule has 2 aromatic rings. The molecule has 148 valence electrons. The predicted molar refractivity (Wildman–Crippen MR) is 118 cm³/mol. The van der Waals surface area contributed by atoms with Crippen molar-refractivity contribution in [3.63, 3.8) is 0 Å². The van der Waals surface area contributed by atoms with Gasteiger partial charge in [0, 0.05) is 26.1 Å². The highest BCUT2D eigenvalue weighted by molar-refractivity contribution is 14.0. The summed E-state index contributed by atoms with van der Waals surface area (Å²) in [6.07, 6.45) is 3.39. The molecule has 0 amide bonds. The highest BCUT2D eigenvalue weighted by atomic mass is 127. The largest absolute Gasteiger partial charge is 0.356 e. The highest BCUT2D eigenvalue weighted by Gasteiger charge is 2.03. The van der Waals surface area contributed by atoms with E-state index in [0.717, 1.165) is 42.3 Å². The number of hydrogen-bond acceptors (Lipinski definition) is 3. The molecule has 0 aliphatic rings. The van der Waals surface area contributed by atoms with E-state index in [1.807, 2.05) is 11.5 Å². The lowest BCUT2D eigenvalue weighted by Gasteiger charge is -2.13. The van der Waals surface area contributed by atoms with Crippen LogP contribution in [0.3, 0.4) is 0 Å². The third-order valence-electron chi connectivity index (χ3n) is 3.78. The average molecular weight is 486 g/mol. The minimum atomic E-state index is -0.215. The first-order valence-electron chi connectivity index (χ1n) is 8.86. The zero-order valence-corrected chi connectivity index (χ0v) is 18.2. The van der Waals surface area contributed by atoms with Crippen molar-refractivity contribution in [2.75, 3.05) is 19.6 Å². The summed E-state index contributed by atoms with van der Waals surface area (Å²) in [4.78, 5) is 4.52. The molecule has 1 aromatic carbocycles. The topological polar surface area (TPSA) is 67.1 Å². The van der Waals surface area contributed by atoms with Crippen molar-refractivity contribution in [1.82, 2.24) is 25.4 Å². The molecule has 0 spiro atoms. The van der Waals surface area contributed by atoms with Crippen molar-refractivity contribution in [3.8, 4) is 0 Å². The van der Waals surface area contributed by atoms with Gasteiger partial charge in [0.25, 0.3) is 0 Å². The summed E-state index contributed by atoms with van der Waals surface area (Å²) in [5, 5.41) is 14.7. The molecule has 0 atom stereocenters. The first-order valence-corrected chi connectivity index (χ1v) is 8.86. The number of aryl methyl sites for hydroxylation is 1. The van der Waals surface area contributed by atoms with Gasteiger partial charge in [0.2, 0.25) is 0 Å². The van der Waals surface area contributed by atoms with E-state index in [1.54, 1.807) is 18.5 Å². The number of aromatic nitrogens is 3. The molecule has 6 nitrogen and oxygen atoms in total. The quantitative estimate of drug-likeness (QED) is 0.248. The summed E-state index contributed by atoms with van der Waals surface area (Å²) >= 11 is 0. The molecule has 0 aliphatic carbocycles. The van der Waals surface area contributed by atoms with Crippen LogP contribution >= 0.6 is 24.0 Å². The van der Waals surface area contributed by atoms with Crippen LogP contribution in [-0.2, 0) is 19.4 Å². The zero-order valence-electron chi connectivity index (χ0n) is 15.9. The van der Waals surface area contributed by atoms with Crippen LogP contribution in [-0.4, -0.2) is 40.4 Å². The Kier molecular flexibility index (Phi) is 10.6. The number of guanidine groups is 1. The molecule has 27 heavy (non-hydrogen) atoms. The summed E-state index contributed by atoms with van der Waals surface area (Å²) in [6, 6.07) is 6.56. The maximum absolute atomic E-state index is 13.0. The lowest BCUT2D eigenvalue weighted by atomic mass is 10.1. The molecule has 1 heterocycles. The third kappa shape index (κ3) is 8.51. The fourth-order valence-electron chi connectivity index (χ4n) is 2.40. The molecule has 0 aliphatic heterocycles. The van der Waals surface area contributed by atoms with Crippen molar-refractivity contribution < 1.29 is 4.39 Å². The Balaban J connectivity index is 0.00000364. The van der Waals surface area contributed by atoms with Crippen LogP contribution in [0, 0.1) is 5.82 Å². The van der Waals surface area contributed by atoms with Gasteiger partial charge in [-0.1, -0.05) is 31.2 Å². The van der Waals surface area contributed by atoms with E-state index < -0.39 is 0 Å². The predicted octanol–water partition coefficient (Wildman–Crippen LogP) is 2.95. The van der Waals surface area contributed by atoms with Crippen LogP contribution in [0.25, 0.3) is 0 Å². The molecule has 0 unspecified atom stereocenters. The number of rotatable bonds is 9. The number of aliphatic imine (C=N–C) groups is 1. The molecule has 0 bridgehead atoms. The number of nitrogens with zero attached hydrogens (tertiary/aromatic N) is 4. The van der Waals surface area contributed by atoms with Crippen molar-refractivity contribution >= 4 is 29.9 Å². The summed E-state index contributed by atoms with van der Waals surface area (Å²) in [5.41, 5.74) is 2.08. The smallest absolute Gasteiger partial charge is 0.191 e. The zero-order chi connectivity index (χ0) is 18.8. The van der Waals surface area contributed by atoms with Gasteiger partial charge in [0.05, 0.1) is 6.54 Å². The number of benzene rings is 1. The fraction of sp³-hybridized carbons (Fsp3) is 0.421. The van der Waals surface area contributed by atoms with Gasteiger partial charge in [0.15, 0.2) is 5.96 Å². The van der Waals surface area contributed by atoms with E-state index in [9.17, 15) is 4.39 Å². The summed E-state index contributed by atoms with van der Waals surface area (Å²) in [5.74, 6) is 1.49. The Labute approximate surface area is 177 Å². The number of hydrogen-bond donors (Lipinski definition) is 2. The Bertz CT molecular complexity index is 726. The molecule has 0 fully saturated rings. The van der Waals surface area contributed by atoms with E-state index in [0.29, 0.717) is 19.6 Å². The summed E-state index contributed by atoms with van der Waals surface area (Å²) < 4.78 is 15.0. The third-order valence-corrected chi connectivity index (χ3v) is 3.78. The van der Waals surface area contributed by atoms with Crippen molar-refractivity contribution in [3.05, 3.63) is 59.9 Å². The number of nitrogens with one attached hydrogen (secondary N) is 2. The van der Waals surface area contributed by atoms with Crippen molar-refractivity contribution in [2.24, 2.45) is 4.99 Å². The Hall–Kier alpha value is -1.97.